The zero-order valence-electron chi connectivity index (χ0n) is 8.76. The molecule has 0 bridgehead atoms. The van der Waals surface area contributed by atoms with Gasteiger partial charge >= 0.3 is 0 Å². The van der Waals surface area contributed by atoms with E-state index in [4.69, 9.17) is 5.26 Å². The van der Waals surface area contributed by atoms with Gasteiger partial charge in [0.25, 0.3) is 0 Å². The molecule has 4 heteroatoms. The van der Waals surface area contributed by atoms with Gasteiger partial charge in [0.1, 0.15) is 6.07 Å². The highest BCUT2D eigenvalue weighted by atomic mass is 19.2. The molecule has 0 amide bonds. The summed E-state index contributed by atoms with van der Waals surface area (Å²) in [4.78, 5) is 0. The number of hydrogen-bond acceptors (Lipinski definition) is 2. The zero-order valence-corrected chi connectivity index (χ0v) is 8.76. The Balaban J connectivity index is 2.22. The maximum atomic E-state index is 13.5. The van der Waals surface area contributed by atoms with Gasteiger partial charge in [0.05, 0.1) is 11.3 Å². The van der Waals surface area contributed by atoms with Gasteiger partial charge in [-0.1, -0.05) is 12.8 Å². The van der Waals surface area contributed by atoms with Gasteiger partial charge in [0.2, 0.25) is 0 Å². The maximum Gasteiger partial charge on any atom is 0.183 e. The van der Waals surface area contributed by atoms with Crippen LogP contribution in [-0.2, 0) is 0 Å². The lowest BCUT2D eigenvalue weighted by atomic mass is 10.1. The molecular weight excluding hydrogens is 210 g/mol. The van der Waals surface area contributed by atoms with Crippen LogP contribution < -0.4 is 5.32 Å². The third-order valence-electron chi connectivity index (χ3n) is 2.92. The maximum absolute atomic E-state index is 13.5. The number of nitriles is 1. The second kappa shape index (κ2) is 4.48. The highest BCUT2D eigenvalue weighted by Crippen LogP contribution is 2.25. The zero-order chi connectivity index (χ0) is 11.5. The first-order valence-electron chi connectivity index (χ1n) is 5.37. The molecule has 1 aromatic rings. The lowest BCUT2D eigenvalue weighted by Gasteiger charge is -2.14. The van der Waals surface area contributed by atoms with Gasteiger partial charge in [-0.05, 0) is 25.0 Å². The Bertz CT molecular complexity index is 431. The van der Waals surface area contributed by atoms with Crippen LogP contribution in [0.25, 0.3) is 0 Å². The molecule has 1 saturated carbocycles. The quantitative estimate of drug-likeness (QED) is 0.834. The Labute approximate surface area is 92.9 Å². The van der Waals surface area contributed by atoms with Crippen molar-refractivity contribution in [3.8, 4) is 6.07 Å². The van der Waals surface area contributed by atoms with E-state index in [1.807, 2.05) is 0 Å². The van der Waals surface area contributed by atoms with Crippen LogP contribution >= 0.6 is 0 Å². The molecule has 0 atom stereocenters. The Morgan fingerprint density at radius 1 is 1.19 bits per heavy atom. The molecule has 2 rings (SSSR count). The second-order valence-corrected chi connectivity index (χ2v) is 4.03. The minimum absolute atomic E-state index is 0.156. The van der Waals surface area contributed by atoms with E-state index in [0.29, 0.717) is 0 Å². The molecule has 1 N–H and O–H groups in total. The fourth-order valence-corrected chi connectivity index (χ4v) is 2.04. The number of nitrogens with one attached hydrogen (secondary N) is 1. The summed E-state index contributed by atoms with van der Waals surface area (Å²) in [5, 5.41) is 11.5. The van der Waals surface area contributed by atoms with Crippen LogP contribution in [-0.4, -0.2) is 6.04 Å². The number of halogens is 2. The monoisotopic (exact) mass is 222 g/mol. The molecule has 1 fully saturated rings. The van der Waals surface area contributed by atoms with E-state index in [2.05, 4.69) is 5.32 Å². The molecule has 0 radical (unpaired) electrons. The molecule has 0 unspecified atom stereocenters. The molecule has 84 valence electrons. The van der Waals surface area contributed by atoms with E-state index in [0.717, 1.165) is 25.7 Å². The third-order valence-corrected chi connectivity index (χ3v) is 2.92. The van der Waals surface area contributed by atoms with Gasteiger partial charge in [-0.3, -0.25) is 0 Å². The lowest BCUT2D eigenvalue weighted by molar-refractivity contribution is 0.507. The van der Waals surface area contributed by atoms with Crippen LogP contribution in [0.15, 0.2) is 12.1 Å². The van der Waals surface area contributed by atoms with Crippen molar-refractivity contribution < 1.29 is 8.78 Å². The number of anilines is 1. The van der Waals surface area contributed by atoms with Crippen molar-refractivity contribution in [1.82, 2.24) is 0 Å². The van der Waals surface area contributed by atoms with Crippen molar-refractivity contribution >= 4 is 5.69 Å². The normalized spacial score (nSPS) is 16.1. The SMILES string of the molecule is N#Cc1ccc(NC2CCCC2)c(F)c1F. The predicted octanol–water partition coefficient (Wildman–Crippen LogP) is 3.19. The standard InChI is InChI=1S/C12H12F2N2/c13-11-8(7-15)5-6-10(12(11)14)16-9-3-1-2-4-9/h5-6,9,16H,1-4H2. The van der Waals surface area contributed by atoms with E-state index >= 15 is 0 Å². The van der Waals surface area contributed by atoms with Gasteiger partial charge in [-0.25, -0.2) is 8.78 Å². The van der Waals surface area contributed by atoms with Gasteiger partial charge in [0.15, 0.2) is 11.6 Å². The highest BCUT2D eigenvalue weighted by Gasteiger charge is 2.18. The Kier molecular flexibility index (Phi) is 3.04. The lowest BCUT2D eigenvalue weighted by Crippen LogP contribution is -2.16. The van der Waals surface area contributed by atoms with E-state index in [1.54, 1.807) is 6.07 Å². The first-order valence-corrected chi connectivity index (χ1v) is 5.37. The van der Waals surface area contributed by atoms with E-state index in [1.165, 1.54) is 12.1 Å². The van der Waals surface area contributed by atoms with Gasteiger partial charge in [0, 0.05) is 6.04 Å². The van der Waals surface area contributed by atoms with Crippen LogP contribution in [0, 0.1) is 23.0 Å². The summed E-state index contributed by atoms with van der Waals surface area (Å²) in [7, 11) is 0. The number of benzene rings is 1. The van der Waals surface area contributed by atoms with Crippen molar-refractivity contribution in [2.75, 3.05) is 5.32 Å². The molecule has 16 heavy (non-hydrogen) atoms. The van der Waals surface area contributed by atoms with E-state index in [9.17, 15) is 8.78 Å². The molecule has 1 aliphatic carbocycles. The summed E-state index contributed by atoms with van der Waals surface area (Å²) in [6.45, 7) is 0. The first kappa shape index (κ1) is 10.9. The first-order chi connectivity index (χ1) is 7.72. The molecule has 1 aromatic carbocycles. The smallest absolute Gasteiger partial charge is 0.183 e. The third kappa shape index (κ3) is 1.99. The van der Waals surface area contributed by atoms with Crippen molar-refractivity contribution in [2.24, 2.45) is 0 Å². The molecule has 0 aromatic heterocycles. The molecule has 1 aliphatic rings. The average molecular weight is 222 g/mol. The van der Waals surface area contributed by atoms with E-state index in [-0.39, 0.29) is 17.3 Å². The molecule has 0 saturated heterocycles. The Morgan fingerprint density at radius 3 is 2.50 bits per heavy atom. The summed E-state index contributed by atoms with van der Waals surface area (Å²) >= 11 is 0. The van der Waals surface area contributed by atoms with E-state index < -0.39 is 11.6 Å². The fraction of sp³-hybridized carbons (Fsp3) is 0.417. The van der Waals surface area contributed by atoms with Crippen LogP contribution in [0.5, 0.6) is 0 Å². The molecular formula is C12H12F2N2. The minimum atomic E-state index is -1.06. The summed E-state index contributed by atoms with van der Waals surface area (Å²) in [5.41, 5.74) is -0.0992. The minimum Gasteiger partial charge on any atom is -0.380 e. The summed E-state index contributed by atoms with van der Waals surface area (Å²) in [6, 6.07) is 4.57. The molecule has 0 heterocycles. The van der Waals surface area contributed by atoms with Crippen LogP contribution in [0.1, 0.15) is 31.2 Å². The Morgan fingerprint density at radius 2 is 1.88 bits per heavy atom. The number of nitrogens with zero attached hydrogens (tertiary/aromatic N) is 1. The fourth-order valence-electron chi connectivity index (χ4n) is 2.04. The molecule has 2 nitrogen and oxygen atoms in total. The summed E-state index contributed by atoms with van der Waals surface area (Å²) in [6.07, 6.45) is 4.22. The van der Waals surface area contributed by atoms with Gasteiger partial charge in [-0.15, -0.1) is 0 Å². The van der Waals surface area contributed by atoms with Crippen molar-refractivity contribution in [3.05, 3.63) is 29.3 Å². The van der Waals surface area contributed by atoms with Crippen LogP contribution in [0.2, 0.25) is 0 Å². The average Bonchev–Trinajstić information content (AvgIpc) is 2.78. The Hall–Kier alpha value is -1.63. The van der Waals surface area contributed by atoms with Crippen LogP contribution in [0.3, 0.4) is 0 Å². The predicted molar refractivity (Wildman–Crippen MR) is 57.0 cm³/mol. The number of hydrogen-bond donors (Lipinski definition) is 1. The van der Waals surface area contributed by atoms with Crippen molar-refractivity contribution in [1.29, 1.82) is 5.26 Å². The topological polar surface area (TPSA) is 35.8 Å². The van der Waals surface area contributed by atoms with Gasteiger partial charge < -0.3 is 5.32 Å². The second-order valence-electron chi connectivity index (χ2n) is 4.03. The highest BCUT2D eigenvalue weighted by molar-refractivity contribution is 5.50. The molecule has 0 spiro atoms. The van der Waals surface area contributed by atoms with Gasteiger partial charge in [-0.2, -0.15) is 5.26 Å². The molecule has 0 aliphatic heterocycles. The summed E-state index contributed by atoms with van der Waals surface area (Å²) in [5.74, 6) is -2.02. The summed E-state index contributed by atoms with van der Waals surface area (Å²) < 4.78 is 26.8. The van der Waals surface area contributed by atoms with Crippen molar-refractivity contribution in [3.63, 3.8) is 0 Å². The largest absolute Gasteiger partial charge is 0.380 e. The van der Waals surface area contributed by atoms with Crippen LogP contribution in [0.4, 0.5) is 14.5 Å². The van der Waals surface area contributed by atoms with Crippen molar-refractivity contribution in [2.45, 2.75) is 31.7 Å². The number of rotatable bonds is 2.